The van der Waals surface area contributed by atoms with Gasteiger partial charge in [0, 0.05) is 0 Å². The number of hydrogen-bond donors (Lipinski definition) is 2. The summed E-state index contributed by atoms with van der Waals surface area (Å²) in [6.45, 7) is 3.41. The lowest BCUT2D eigenvalue weighted by atomic mass is 9.93. The first-order chi connectivity index (χ1) is 13.4. The number of benzene rings is 2. The predicted molar refractivity (Wildman–Crippen MR) is 102 cm³/mol. The van der Waals surface area contributed by atoms with Gasteiger partial charge in [-0.05, 0) is 56.0 Å². The molecule has 2 N–H and O–H groups in total. The van der Waals surface area contributed by atoms with E-state index in [1.165, 1.54) is 0 Å². The fourth-order valence-corrected chi connectivity index (χ4v) is 2.89. The molecule has 0 aliphatic carbocycles. The van der Waals surface area contributed by atoms with Crippen LogP contribution in [0, 0.1) is 6.92 Å². The van der Waals surface area contributed by atoms with Crippen molar-refractivity contribution in [2.75, 3.05) is 6.61 Å². The highest BCUT2D eigenvalue weighted by atomic mass is 16.6. The van der Waals surface area contributed by atoms with Crippen LogP contribution in [-0.2, 0) is 16.0 Å². The predicted octanol–water partition coefficient (Wildman–Crippen LogP) is 2.51. The van der Waals surface area contributed by atoms with Crippen molar-refractivity contribution >= 4 is 17.9 Å². The number of carbonyl (C=O) groups is 3. The van der Waals surface area contributed by atoms with Crippen molar-refractivity contribution in [1.82, 2.24) is 10.6 Å². The van der Waals surface area contributed by atoms with Crippen LogP contribution in [-0.4, -0.2) is 30.1 Å². The molecule has 2 aromatic carbocycles. The van der Waals surface area contributed by atoms with E-state index in [1.54, 1.807) is 25.1 Å². The third-order valence-electron chi connectivity index (χ3n) is 4.63. The SMILES string of the molecule is Cc1ccccc1OCC(=O)Oc1ccc(CC[C@]2(C)NC(=O)NC2=O)cc1. The minimum absolute atomic E-state index is 0.181. The Morgan fingerprint density at radius 3 is 2.43 bits per heavy atom. The molecular weight excluding hydrogens is 360 g/mol. The molecule has 0 saturated carbocycles. The van der Waals surface area contributed by atoms with Gasteiger partial charge in [0.15, 0.2) is 6.61 Å². The first-order valence-corrected chi connectivity index (χ1v) is 8.97. The van der Waals surface area contributed by atoms with Crippen molar-refractivity contribution in [1.29, 1.82) is 0 Å². The Kier molecular flexibility index (Phi) is 5.63. The zero-order valence-corrected chi connectivity index (χ0v) is 15.8. The number of carbonyl (C=O) groups excluding carboxylic acids is 3. The van der Waals surface area contributed by atoms with Crippen LogP contribution in [0.2, 0.25) is 0 Å². The summed E-state index contributed by atoms with van der Waals surface area (Å²) in [5, 5.41) is 4.88. The van der Waals surface area contributed by atoms with Gasteiger partial charge < -0.3 is 14.8 Å². The zero-order valence-electron chi connectivity index (χ0n) is 15.8. The quantitative estimate of drug-likeness (QED) is 0.436. The lowest BCUT2D eigenvalue weighted by molar-refractivity contribution is -0.136. The summed E-state index contributed by atoms with van der Waals surface area (Å²) >= 11 is 0. The highest BCUT2D eigenvalue weighted by Gasteiger charge is 2.41. The Balaban J connectivity index is 1.49. The molecule has 7 heteroatoms. The van der Waals surface area contributed by atoms with E-state index in [1.807, 2.05) is 37.3 Å². The van der Waals surface area contributed by atoms with Crippen LogP contribution in [0.15, 0.2) is 48.5 Å². The standard InChI is InChI=1S/C21H22N2O5/c1-14-5-3-4-6-17(14)27-13-18(24)28-16-9-7-15(8-10-16)11-12-21(2)19(25)22-20(26)23-21/h3-10H,11-13H2,1-2H3,(H2,22,23,25,26)/t21-/m0/s1. The van der Waals surface area contributed by atoms with Gasteiger partial charge in [-0.3, -0.25) is 10.1 Å². The van der Waals surface area contributed by atoms with Gasteiger partial charge in [-0.15, -0.1) is 0 Å². The molecule has 2 aromatic rings. The fraction of sp³-hybridized carbons (Fsp3) is 0.286. The minimum Gasteiger partial charge on any atom is -0.482 e. The molecule has 1 aliphatic heterocycles. The van der Waals surface area contributed by atoms with Crippen LogP contribution in [0.1, 0.15) is 24.5 Å². The minimum atomic E-state index is -0.908. The van der Waals surface area contributed by atoms with Crippen molar-refractivity contribution in [3.8, 4) is 11.5 Å². The third-order valence-corrected chi connectivity index (χ3v) is 4.63. The molecule has 1 saturated heterocycles. The van der Waals surface area contributed by atoms with Crippen LogP contribution < -0.4 is 20.1 Å². The average molecular weight is 382 g/mol. The van der Waals surface area contributed by atoms with E-state index in [9.17, 15) is 14.4 Å². The van der Waals surface area contributed by atoms with Crippen LogP contribution in [0.25, 0.3) is 0 Å². The number of ether oxygens (including phenoxy) is 2. The summed E-state index contributed by atoms with van der Waals surface area (Å²) in [4.78, 5) is 35.1. The normalized spacial score (nSPS) is 18.4. The summed E-state index contributed by atoms with van der Waals surface area (Å²) in [7, 11) is 0. The van der Waals surface area contributed by atoms with Crippen LogP contribution in [0.3, 0.4) is 0 Å². The lowest BCUT2D eigenvalue weighted by Crippen LogP contribution is -2.43. The second-order valence-electron chi connectivity index (χ2n) is 6.91. The number of rotatable bonds is 7. The smallest absolute Gasteiger partial charge is 0.349 e. The number of amides is 3. The highest BCUT2D eigenvalue weighted by molar-refractivity contribution is 6.06. The molecular formula is C21H22N2O5. The number of esters is 1. The van der Waals surface area contributed by atoms with E-state index >= 15 is 0 Å². The maximum Gasteiger partial charge on any atom is 0.349 e. The Labute approximate surface area is 163 Å². The van der Waals surface area contributed by atoms with E-state index in [0.717, 1.165) is 11.1 Å². The van der Waals surface area contributed by atoms with E-state index < -0.39 is 17.5 Å². The summed E-state index contributed by atoms with van der Waals surface area (Å²) in [5.41, 5.74) is 1.00. The monoisotopic (exact) mass is 382 g/mol. The van der Waals surface area contributed by atoms with E-state index in [4.69, 9.17) is 9.47 Å². The molecule has 1 atom stereocenters. The van der Waals surface area contributed by atoms with E-state index in [-0.39, 0.29) is 12.5 Å². The molecule has 0 spiro atoms. The van der Waals surface area contributed by atoms with E-state index in [2.05, 4.69) is 10.6 Å². The van der Waals surface area contributed by atoms with Gasteiger partial charge in [-0.2, -0.15) is 0 Å². The number of hydrogen-bond acceptors (Lipinski definition) is 5. The van der Waals surface area contributed by atoms with Crippen molar-refractivity contribution in [3.05, 3.63) is 59.7 Å². The average Bonchev–Trinajstić information content (AvgIpc) is 2.92. The van der Waals surface area contributed by atoms with Gasteiger partial charge in [0.05, 0.1) is 0 Å². The second-order valence-corrected chi connectivity index (χ2v) is 6.91. The topological polar surface area (TPSA) is 93.7 Å². The molecule has 3 rings (SSSR count). The second kappa shape index (κ2) is 8.12. The van der Waals surface area contributed by atoms with Crippen LogP contribution in [0.4, 0.5) is 4.79 Å². The van der Waals surface area contributed by atoms with Crippen molar-refractivity contribution in [2.24, 2.45) is 0 Å². The molecule has 0 aromatic heterocycles. The molecule has 0 radical (unpaired) electrons. The van der Waals surface area contributed by atoms with Crippen LogP contribution in [0.5, 0.6) is 11.5 Å². The summed E-state index contributed by atoms with van der Waals surface area (Å²) < 4.78 is 10.7. The molecule has 1 heterocycles. The van der Waals surface area contributed by atoms with Gasteiger partial charge in [0.2, 0.25) is 0 Å². The zero-order chi connectivity index (χ0) is 20.1. The fourth-order valence-electron chi connectivity index (χ4n) is 2.89. The highest BCUT2D eigenvalue weighted by Crippen LogP contribution is 2.20. The first-order valence-electron chi connectivity index (χ1n) is 8.97. The van der Waals surface area contributed by atoms with Gasteiger partial charge in [0.1, 0.15) is 17.0 Å². The first kappa shape index (κ1) is 19.4. The summed E-state index contributed by atoms with van der Waals surface area (Å²) in [6, 6.07) is 14.0. The molecule has 0 unspecified atom stereocenters. The maximum atomic E-state index is 12.0. The van der Waals surface area contributed by atoms with Gasteiger partial charge in [0.25, 0.3) is 5.91 Å². The van der Waals surface area contributed by atoms with Gasteiger partial charge in [-0.1, -0.05) is 30.3 Å². The van der Waals surface area contributed by atoms with Crippen molar-refractivity contribution in [3.63, 3.8) is 0 Å². The summed E-state index contributed by atoms with van der Waals surface area (Å²) in [6.07, 6.45) is 1.06. The molecule has 3 amide bonds. The number of para-hydroxylation sites is 1. The number of aryl methyl sites for hydroxylation is 2. The van der Waals surface area contributed by atoms with Crippen molar-refractivity contribution < 1.29 is 23.9 Å². The molecule has 146 valence electrons. The van der Waals surface area contributed by atoms with E-state index in [0.29, 0.717) is 24.3 Å². The Bertz CT molecular complexity index is 894. The Morgan fingerprint density at radius 2 is 1.79 bits per heavy atom. The molecule has 28 heavy (non-hydrogen) atoms. The molecule has 0 bridgehead atoms. The number of urea groups is 1. The maximum absolute atomic E-state index is 12.0. The van der Waals surface area contributed by atoms with Gasteiger partial charge in [-0.25, -0.2) is 9.59 Å². The number of nitrogens with one attached hydrogen (secondary N) is 2. The molecule has 1 aliphatic rings. The molecule has 7 nitrogen and oxygen atoms in total. The number of imide groups is 1. The van der Waals surface area contributed by atoms with Crippen LogP contribution >= 0.6 is 0 Å². The third kappa shape index (κ3) is 4.68. The Morgan fingerprint density at radius 1 is 1.07 bits per heavy atom. The van der Waals surface area contributed by atoms with Gasteiger partial charge >= 0.3 is 12.0 Å². The lowest BCUT2D eigenvalue weighted by Gasteiger charge is -2.20. The summed E-state index contributed by atoms with van der Waals surface area (Å²) in [5.74, 6) is 0.247. The molecule has 1 fully saturated rings. The largest absolute Gasteiger partial charge is 0.482 e. The van der Waals surface area contributed by atoms with Crippen molar-refractivity contribution in [2.45, 2.75) is 32.2 Å². The Hall–Kier alpha value is -3.35.